The Morgan fingerprint density at radius 3 is 2.41 bits per heavy atom. The van der Waals surface area contributed by atoms with E-state index in [0.29, 0.717) is 22.0 Å². The molecule has 2 rings (SSSR count). The summed E-state index contributed by atoms with van der Waals surface area (Å²) in [4.78, 5) is 12.4. The van der Waals surface area contributed by atoms with E-state index in [1.54, 1.807) is 31.4 Å². The van der Waals surface area contributed by atoms with Gasteiger partial charge in [-0.1, -0.05) is 50.6 Å². The minimum absolute atomic E-state index is 0.0177. The van der Waals surface area contributed by atoms with E-state index < -0.39 is 0 Å². The fraction of sp³-hybridized carbons (Fsp3) is 0.278. The standard InChI is InChI=1S/C18H20ClNO2/c1-18(2,3)12-9-10-16(22-4)15(11-12)20-17(21)13-7-5-6-8-14(13)19/h5-11H,1-4H3,(H,20,21). The Labute approximate surface area is 136 Å². The van der Waals surface area contributed by atoms with E-state index in [9.17, 15) is 4.79 Å². The van der Waals surface area contributed by atoms with Crippen LogP contribution in [0.4, 0.5) is 5.69 Å². The number of carbonyl (C=O) groups is 1. The zero-order valence-electron chi connectivity index (χ0n) is 13.2. The topological polar surface area (TPSA) is 38.3 Å². The molecule has 3 nitrogen and oxygen atoms in total. The van der Waals surface area contributed by atoms with Gasteiger partial charge in [0, 0.05) is 0 Å². The van der Waals surface area contributed by atoms with Crippen LogP contribution in [-0.2, 0) is 5.41 Å². The van der Waals surface area contributed by atoms with Gasteiger partial charge in [0.1, 0.15) is 5.75 Å². The maximum absolute atomic E-state index is 12.4. The van der Waals surface area contributed by atoms with Crippen molar-refractivity contribution >= 4 is 23.2 Å². The molecule has 0 radical (unpaired) electrons. The van der Waals surface area contributed by atoms with Crippen molar-refractivity contribution in [2.45, 2.75) is 26.2 Å². The molecule has 1 amide bonds. The Morgan fingerprint density at radius 2 is 1.82 bits per heavy atom. The molecule has 0 saturated heterocycles. The van der Waals surface area contributed by atoms with E-state index in [1.165, 1.54) is 0 Å². The molecular formula is C18H20ClNO2. The van der Waals surface area contributed by atoms with E-state index in [1.807, 2.05) is 18.2 Å². The summed E-state index contributed by atoms with van der Waals surface area (Å²) < 4.78 is 5.33. The Bertz CT molecular complexity index is 690. The largest absolute Gasteiger partial charge is 0.495 e. The van der Waals surface area contributed by atoms with Crippen LogP contribution in [0.15, 0.2) is 42.5 Å². The minimum Gasteiger partial charge on any atom is -0.495 e. The van der Waals surface area contributed by atoms with Crippen LogP contribution in [0.1, 0.15) is 36.7 Å². The van der Waals surface area contributed by atoms with E-state index in [4.69, 9.17) is 16.3 Å². The van der Waals surface area contributed by atoms with E-state index in [-0.39, 0.29) is 11.3 Å². The smallest absolute Gasteiger partial charge is 0.257 e. The normalized spacial score (nSPS) is 11.1. The molecule has 116 valence electrons. The van der Waals surface area contributed by atoms with Crippen LogP contribution < -0.4 is 10.1 Å². The number of methoxy groups -OCH3 is 1. The Kier molecular flexibility index (Phi) is 4.77. The summed E-state index contributed by atoms with van der Waals surface area (Å²) in [7, 11) is 1.58. The van der Waals surface area contributed by atoms with Crippen LogP contribution >= 0.6 is 11.6 Å². The average Bonchev–Trinajstić information content (AvgIpc) is 2.46. The maximum Gasteiger partial charge on any atom is 0.257 e. The lowest BCUT2D eigenvalue weighted by Crippen LogP contribution is -2.15. The zero-order chi connectivity index (χ0) is 16.3. The van der Waals surface area contributed by atoms with Crippen molar-refractivity contribution < 1.29 is 9.53 Å². The van der Waals surface area contributed by atoms with Gasteiger partial charge >= 0.3 is 0 Å². The fourth-order valence-electron chi connectivity index (χ4n) is 2.11. The van der Waals surface area contributed by atoms with E-state index in [2.05, 4.69) is 26.1 Å². The number of halogens is 1. The molecule has 22 heavy (non-hydrogen) atoms. The average molecular weight is 318 g/mol. The first-order valence-electron chi connectivity index (χ1n) is 7.07. The predicted octanol–water partition coefficient (Wildman–Crippen LogP) is 4.90. The zero-order valence-corrected chi connectivity index (χ0v) is 14.0. The molecule has 4 heteroatoms. The Balaban J connectivity index is 2.36. The highest BCUT2D eigenvalue weighted by Gasteiger charge is 2.18. The van der Waals surface area contributed by atoms with Crippen molar-refractivity contribution in [2.75, 3.05) is 12.4 Å². The van der Waals surface area contributed by atoms with Crippen molar-refractivity contribution in [3.8, 4) is 5.75 Å². The highest BCUT2D eigenvalue weighted by atomic mass is 35.5. The fourth-order valence-corrected chi connectivity index (χ4v) is 2.33. The Hall–Kier alpha value is -2.00. The van der Waals surface area contributed by atoms with Gasteiger partial charge in [-0.2, -0.15) is 0 Å². The molecule has 1 N–H and O–H groups in total. The molecule has 0 aromatic heterocycles. The van der Waals surface area contributed by atoms with Gasteiger partial charge < -0.3 is 10.1 Å². The van der Waals surface area contributed by atoms with Gasteiger partial charge in [0.15, 0.2) is 0 Å². The number of hydrogen-bond acceptors (Lipinski definition) is 2. The number of benzene rings is 2. The molecule has 2 aromatic carbocycles. The Morgan fingerprint density at radius 1 is 1.14 bits per heavy atom. The first-order valence-corrected chi connectivity index (χ1v) is 7.45. The second-order valence-electron chi connectivity index (χ2n) is 6.10. The van der Waals surface area contributed by atoms with Crippen LogP contribution in [-0.4, -0.2) is 13.0 Å². The molecule has 2 aromatic rings. The number of ether oxygens (including phenoxy) is 1. The third-order valence-electron chi connectivity index (χ3n) is 3.43. The van der Waals surface area contributed by atoms with Crippen molar-refractivity contribution in [1.29, 1.82) is 0 Å². The first kappa shape index (κ1) is 16.4. The summed E-state index contributed by atoms with van der Waals surface area (Å²) >= 11 is 6.07. The summed E-state index contributed by atoms with van der Waals surface area (Å²) in [5, 5.41) is 3.30. The predicted molar refractivity (Wildman–Crippen MR) is 91.1 cm³/mol. The van der Waals surface area contributed by atoms with Crippen LogP contribution in [0.25, 0.3) is 0 Å². The van der Waals surface area contributed by atoms with Gasteiger partial charge in [0.25, 0.3) is 5.91 Å². The van der Waals surface area contributed by atoms with E-state index in [0.717, 1.165) is 5.56 Å². The molecule has 0 unspecified atom stereocenters. The van der Waals surface area contributed by atoms with Gasteiger partial charge in [-0.3, -0.25) is 4.79 Å². The number of carbonyl (C=O) groups excluding carboxylic acids is 1. The third kappa shape index (κ3) is 3.60. The maximum atomic E-state index is 12.4. The molecule has 0 aliphatic carbocycles. The summed E-state index contributed by atoms with van der Waals surface area (Å²) in [6, 6.07) is 12.8. The molecule has 0 aliphatic rings. The summed E-state index contributed by atoms with van der Waals surface area (Å²) in [6.07, 6.45) is 0. The van der Waals surface area contributed by atoms with Gasteiger partial charge in [-0.25, -0.2) is 0 Å². The number of hydrogen-bond donors (Lipinski definition) is 1. The molecule has 0 atom stereocenters. The molecule has 0 aliphatic heterocycles. The van der Waals surface area contributed by atoms with Gasteiger partial charge in [0.2, 0.25) is 0 Å². The van der Waals surface area contributed by atoms with Crippen LogP contribution in [0.5, 0.6) is 5.75 Å². The summed E-state index contributed by atoms with van der Waals surface area (Å²) in [5.41, 5.74) is 2.17. The van der Waals surface area contributed by atoms with Crippen molar-refractivity contribution in [1.82, 2.24) is 0 Å². The van der Waals surface area contributed by atoms with Crippen LogP contribution in [0, 0.1) is 0 Å². The molecule has 0 bridgehead atoms. The second kappa shape index (κ2) is 6.41. The summed E-state index contributed by atoms with van der Waals surface area (Å²) in [6.45, 7) is 6.36. The van der Waals surface area contributed by atoms with Crippen LogP contribution in [0.2, 0.25) is 5.02 Å². The number of nitrogens with one attached hydrogen (secondary N) is 1. The van der Waals surface area contributed by atoms with Crippen molar-refractivity contribution in [2.24, 2.45) is 0 Å². The van der Waals surface area contributed by atoms with E-state index >= 15 is 0 Å². The highest BCUT2D eigenvalue weighted by Crippen LogP contribution is 2.32. The molecule has 0 heterocycles. The minimum atomic E-state index is -0.255. The second-order valence-corrected chi connectivity index (χ2v) is 6.51. The number of anilines is 1. The van der Waals surface area contributed by atoms with Gasteiger partial charge in [0.05, 0.1) is 23.4 Å². The molecular weight excluding hydrogens is 298 g/mol. The highest BCUT2D eigenvalue weighted by molar-refractivity contribution is 6.34. The SMILES string of the molecule is COc1ccc(C(C)(C)C)cc1NC(=O)c1ccccc1Cl. The lowest BCUT2D eigenvalue weighted by atomic mass is 9.87. The first-order chi connectivity index (χ1) is 10.3. The van der Waals surface area contributed by atoms with Crippen molar-refractivity contribution in [3.63, 3.8) is 0 Å². The summed E-state index contributed by atoms with van der Waals surface area (Å²) in [5.74, 6) is 0.364. The quantitative estimate of drug-likeness (QED) is 0.874. The lowest BCUT2D eigenvalue weighted by molar-refractivity contribution is 0.102. The van der Waals surface area contributed by atoms with Gasteiger partial charge in [-0.05, 0) is 35.2 Å². The number of rotatable bonds is 3. The monoisotopic (exact) mass is 317 g/mol. The number of amides is 1. The van der Waals surface area contributed by atoms with Gasteiger partial charge in [-0.15, -0.1) is 0 Å². The van der Waals surface area contributed by atoms with Crippen LogP contribution in [0.3, 0.4) is 0 Å². The molecule has 0 saturated carbocycles. The van der Waals surface area contributed by atoms with Crippen molar-refractivity contribution in [3.05, 3.63) is 58.6 Å². The lowest BCUT2D eigenvalue weighted by Gasteiger charge is -2.21. The third-order valence-corrected chi connectivity index (χ3v) is 3.76. The molecule has 0 spiro atoms. The molecule has 0 fully saturated rings.